The second-order valence-electron chi connectivity index (χ2n) is 9.56. The lowest BCUT2D eigenvalue weighted by Crippen LogP contribution is -2.40. The number of para-hydroxylation sites is 1. The van der Waals surface area contributed by atoms with Crippen LogP contribution in [0.5, 0.6) is 11.5 Å². The fourth-order valence-corrected chi connectivity index (χ4v) is 4.62. The third-order valence-corrected chi connectivity index (χ3v) is 6.48. The van der Waals surface area contributed by atoms with E-state index in [1.54, 1.807) is 35.0 Å². The molecule has 1 fully saturated rings. The zero-order chi connectivity index (χ0) is 26.6. The van der Waals surface area contributed by atoms with Gasteiger partial charge in [0.2, 0.25) is 5.91 Å². The van der Waals surface area contributed by atoms with Gasteiger partial charge in [-0.1, -0.05) is 24.3 Å². The zero-order valence-electron chi connectivity index (χ0n) is 21.4. The summed E-state index contributed by atoms with van der Waals surface area (Å²) in [5, 5.41) is 5.40. The fourth-order valence-electron chi connectivity index (χ4n) is 4.62. The van der Waals surface area contributed by atoms with Gasteiger partial charge in [0.25, 0.3) is 0 Å². The Morgan fingerprint density at radius 1 is 1.21 bits per heavy atom. The largest absolute Gasteiger partial charge is 0.454 e. The number of nitrogens with two attached hydrogens (primary N) is 1. The standard InChI is InChI=1S/C28H30FN7O2/c1-34(2)14-7-11-24(37)35-15-6-8-20(17-35)36-28-25(27(30)31-18-32-28)26(33-36)19-12-13-23(22(29)16-19)38-21-9-4-3-5-10-21/h3-5,7,9-13,16,18,20H,6,8,14-15,17H2,1-2H3,(H2,30,31,32)/t20-/m0/s1. The quantitative estimate of drug-likeness (QED) is 0.366. The lowest BCUT2D eigenvalue weighted by atomic mass is 10.1. The number of benzene rings is 2. The van der Waals surface area contributed by atoms with Crippen molar-refractivity contribution in [1.29, 1.82) is 0 Å². The molecule has 1 aliphatic rings. The minimum atomic E-state index is -0.525. The summed E-state index contributed by atoms with van der Waals surface area (Å²) in [6.07, 6.45) is 6.53. The van der Waals surface area contributed by atoms with Crippen molar-refractivity contribution in [3.05, 3.63) is 72.8 Å². The van der Waals surface area contributed by atoms with E-state index in [-0.39, 0.29) is 23.5 Å². The van der Waals surface area contributed by atoms with Crippen LogP contribution in [-0.4, -0.2) is 69.2 Å². The molecule has 0 saturated carbocycles. The summed E-state index contributed by atoms with van der Waals surface area (Å²) in [6, 6.07) is 13.6. The predicted octanol–water partition coefficient (Wildman–Crippen LogP) is 4.29. The number of piperidine rings is 1. The Labute approximate surface area is 220 Å². The van der Waals surface area contributed by atoms with E-state index < -0.39 is 5.82 Å². The maximum atomic E-state index is 15.1. The van der Waals surface area contributed by atoms with Crippen LogP contribution in [0.4, 0.5) is 10.2 Å². The van der Waals surface area contributed by atoms with Crippen molar-refractivity contribution >= 4 is 22.8 Å². The van der Waals surface area contributed by atoms with Gasteiger partial charge in [0, 0.05) is 31.3 Å². The Hall–Kier alpha value is -4.31. The maximum absolute atomic E-state index is 15.1. The number of likely N-dealkylation sites (N-methyl/N-ethyl adjacent to an activating group) is 1. The van der Waals surface area contributed by atoms with Crippen LogP contribution >= 0.6 is 0 Å². The van der Waals surface area contributed by atoms with E-state index in [0.717, 1.165) is 12.8 Å². The van der Waals surface area contributed by atoms with Crippen molar-refractivity contribution in [1.82, 2.24) is 29.5 Å². The molecule has 38 heavy (non-hydrogen) atoms. The number of halogens is 1. The summed E-state index contributed by atoms with van der Waals surface area (Å²) in [6.45, 7) is 1.86. The molecule has 0 radical (unpaired) electrons. The molecule has 2 aromatic heterocycles. The van der Waals surface area contributed by atoms with E-state index in [0.29, 0.717) is 47.7 Å². The molecule has 196 valence electrons. The second kappa shape index (κ2) is 11.0. The van der Waals surface area contributed by atoms with Gasteiger partial charge < -0.3 is 20.3 Å². The normalized spacial score (nSPS) is 16.0. The molecule has 0 spiro atoms. The number of nitrogens with zero attached hydrogens (tertiary/aromatic N) is 6. The first-order valence-electron chi connectivity index (χ1n) is 12.5. The third-order valence-electron chi connectivity index (χ3n) is 6.48. The third kappa shape index (κ3) is 5.35. The molecule has 1 amide bonds. The van der Waals surface area contributed by atoms with Gasteiger partial charge in [0.05, 0.1) is 11.4 Å². The maximum Gasteiger partial charge on any atom is 0.246 e. The number of fused-ring (bicyclic) bond motifs is 1. The number of amides is 1. The molecule has 1 saturated heterocycles. The van der Waals surface area contributed by atoms with Gasteiger partial charge in [-0.25, -0.2) is 19.0 Å². The van der Waals surface area contributed by atoms with Gasteiger partial charge in [-0.2, -0.15) is 5.10 Å². The molecule has 2 aromatic carbocycles. The van der Waals surface area contributed by atoms with Crippen LogP contribution in [0.2, 0.25) is 0 Å². The summed E-state index contributed by atoms with van der Waals surface area (Å²) in [4.78, 5) is 25.2. The molecule has 0 aliphatic carbocycles. The van der Waals surface area contributed by atoms with Crippen molar-refractivity contribution < 1.29 is 13.9 Å². The lowest BCUT2D eigenvalue weighted by molar-refractivity contribution is -0.127. The Morgan fingerprint density at radius 2 is 2.03 bits per heavy atom. The van der Waals surface area contributed by atoms with Crippen LogP contribution in [0.25, 0.3) is 22.3 Å². The Kier molecular flexibility index (Phi) is 7.32. The average Bonchev–Trinajstić information content (AvgIpc) is 3.31. The van der Waals surface area contributed by atoms with Crippen LogP contribution in [0.1, 0.15) is 18.9 Å². The Balaban J connectivity index is 1.45. The number of nitrogen functional groups attached to an aromatic ring is 1. The molecule has 0 bridgehead atoms. The van der Waals surface area contributed by atoms with E-state index in [4.69, 9.17) is 15.6 Å². The van der Waals surface area contributed by atoms with E-state index in [2.05, 4.69) is 9.97 Å². The number of hydrogen-bond donors (Lipinski definition) is 1. The molecule has 1 atom stereocenters. The number of hydrogen-bond acceptors (Lipinski definition) is 7. The number of carbonyl (C=O) groups is 1. The summed E-state index contributed by atoms with van der Waals surface area (Å²) in [5.74, 6) is 0.356. The van der Waals surface area contributed by atoms with Crippen molar-refractivity contribution in [2.24, 2.45) is 0 Å². The Morgan fingerprint density at radius 3 is 2.79 bits per heavy atom. The fraction of sp³-hybridized carbons (Fsp3) is 0.286. The van der Waals surface area contributed by atoms with Crippen LogP contribution in [0, 0.1) is 5.82 Å². The highest BCUT2D eigenvalue weighted by Crippen LogP contribution is 2.36. The minimum absolute atomic E-state index is 0.0292. The highest BCUT2D eigenvalue weighted by Gasteiger charge is 2.28. The minimum Gasteiger partial charge on any atom is -0.454 e. The van der Waals surface area contributed by atoms with Gasteiger partial charge >= 0.3 is 0 Å². The van der Waals surface area contributed by atoms with Crippen LogP contribution < -0.4 is 10.5 Å². The summed E-state index contributed by atoms with van der Waals surface area (Å²) < 4.78 is 22.6. The SMILES string of the molecule is CN(C)CC=CC(=O)N1CCC[C@H](n2nc(-c3ccc(Oc4ccccc4)c(F)c3)c3c(N)ncnc32)C1. The number of aromatic nitrogens is 4. The van der Waals surface area contributed by atoms with Gasteiger partial charge in [-0.3, -0.25) is 4.79 Å². The molecular formula is C28H30FN7O2. The van der Waals surface area contributed by atoms with E-state index in [9.17, 15) is 4.79 Å². The van der Waals surface area contributed by atoms with Gasteiger partial charge in [-0.15, -0.1) is 0 Å². The molecule has 5 rings (SSSR count). The topological polar surface area (TPSA) is 102 Å². The number of carbonyl (C=O) groups excluding carboxylic acids is 1. The predicted molar refractivity (Wildman–Crippen MR) is 144 cm³/mol. The summed E-state index contributed by atoms with van der Waals surface area (Å²) in [7, 11) is 3.91. The zero-order valence-corrected chi connectivity index (χ0v) is 21.4. The number of likely N-dealkylation sites (tertiary alicyclic amines) is 1. The molecular weight excluding hydrogens is 485 g/mol. The van der Waals surface area contributed by atoms with Crippen LogP contribution in [-0.2, 0) is 4.79 Å². The first kappa shape index (κ1) is 25.3. The summed E-state index contributed by atoms with van der Waals surface area (Å²) in [5.41, 5.74) is 7.83. The van der Waals surface area contributed by atoms with Crippen LogP contribution in [0.15, 0.2) is 67.0 Å². The van der Waals surface area contributed by atoms with Crippen LogP contribution in [0.3, 0.4) is 0 Å². The number of rotatable bonds is 7. The average molecular weight is 516 g/mol. The van der Waals surface area contributed by atoms with E-state index in [1.807, 2.05) is 48.2 Å². The number of ether oxygens (including phenoxy) is 1. The molecule has 4 aromatic rings. The number of anilines is 1. The lowest BCUT2D eigenvalue weighted by Gasteiger charge is -2.32. The van der Waals surface area contributed by atoms with Gasteiger partial charge in [0.1, 0.15) is 23.6 Å². The van der Waals surface area contributed by atoms with Gasteiger partial charge in [0.15, 0.2) is 17.2 Å². The van der Waals surface area contributed by atoms with Gasteiger partial charge in [-0.05, 0) is 57.3 Å². The highest BCUT2D eigenvalue weighted by atomic mass is 19.1. The molecule has 9 nitrogen and oxygen atoms in total. The first-order chi connectivity index (χ1) is 18.4. The van der Waals surface area contributed by atoms with Crippen molar-refractivity contribution in [2.75, 3.05) is 39.5 Å². The highest BCUT2D eigenvalue weighted by molar-refractivity contribution is 5.98. The van der Waals surface area contributed by atoms with Crippen molar-refractivity contribution in [2.45, 2.75) is 18.9 Å². The molecule has 0 unspecified atom stereocenters. The Bertz CT molecular complexity index is 1470. The molecule has 3 heterocycles. The van der Waals surface area contributed by atoms with E-state index >= 15 is 4.39 Å². The van der Waals surface area contributed by atoms with Crippen molar-refractivity contribution in [3.8, 4) is 22.8 Å². The molecule has 1 aliphatic heterocycles. The second-order valence-corrected chi connectivity index (χ2v) is 9.56. The first-order valence-corrected chi connectivity index (χ1v) is 12.5. The van der Waals surface area contributed by atoms with E-state index in [1.165, 1.54) is 12.4 Å². The van der Waals surface area contributed by atoms with Crippen molar-refractivity contribution in [3.63, 3.8) is 0 Å². The smallest absolute Gasteiger partial charge is 0.246 e. The monoisotopic (exact) mass is 515 g/mol. The summed E-state index contributed by atoms with van der Waals surface area (Å²) >= 11 is 0. The molecule has 10 heteroatoms. The molecule has 2 N–H and O–H groups in total.